The summed E-state index contributed by atoms with van der Waals surface area (Å²) in [7, 11) is -1.70. The van der Waals surface area contributed by atoms with Crippen LogP contribution in [0.25, 0.3) is 0 Å². The molecule has 2 N–H and O–H groups in total. The number of nitrogens with one attached hydrogen (secondary N) is 2. The summed E-state index contributed by atoms with van der Waals surface area (Å²) >= 11 is 0. The monoisotopic (exact) mass is 316 g/mol. The number of hydrogen-bond donors (Lipinski definition) is 2. The third-order valence-electron chi connectivity index (χ3n) is 2.72. The molecule has 0 saturated heterocycles. The molecule has 0 unspecified atom stereocenters. The molecule has 0 radical (unpaired) electrons. The third kappa shape index (κ3) is 5.53. The fraction of sp³-hybridized carbons (Fsp3) is 0.571. The molecule has 21 heavy (non-hydrogen) atoms. The van der Waals surface area contributed by atoms with Crippen LogP contribution >= 0.6 is 0 Å². The number of sulfonamides is 1. The molecule has 0 heterocycles. The van der Waals surface area contributed by atoms with Gasteiger partial charge < -0.3 is 14.8 Å². The molecule has 7 heteroatoms. The summed E-state index contributed by atoms with van der Waals surface area (Å²) in [5, 5.41) is 2.97. The van der Waals surface area contributed by atoms with Gasteiger partial charge in [0, 0.05) is 12.6 Å². The number of benzene rings is 1. The highest BCUT2D eigenvalue weighted by atomic mass is 32.2. The topological polar surface area (TPSA) is 76.7 Å². The number of hydrogen-bond acceptors (Lipinski definition) is 5. The van der Waals surface area contributed by atoms with E-state index in [2.05, 4.69) is 10.0 Å². The van der Waals surface area contributed by atoms with E-state index in [0.717, 1.165) is 13.0 Å². The number of rotatable bonds is 10. The van der Waals surface area contributed by atoms with Crippen molar-refractivity contribution in [2.75, 3.05) is 33.4 Å². The van der Waals surface area contributed by atoms with Crippen LogP contribution in [-0.4, -0.2) is 41.8 Å². The maximum atomic E-state index is 12.2. The van der Waals surface area contributed by atoms with Crippen molar-refractivity contribution in [1.82, 2.24) is 10.0 Å². The van der Waals surface area contributed by atoms with Gasteiger partial charge in [-0.2, -0.15) is 0 Å². The molecule has 120 valence electrons. The summed E-state index contributed by atoms with van der Waals surface area (Å²) in [6, 6.07) is 4.64. The van der Waals surface area contributed by atoms with Gasteiger partial charge in [-0.15, -0.1) is 0 Å². The third-order valence-corrected chi connectivity index (χ3v) is 4.18. The molecule has 0 bridgehead atoms. The predicted octanol–water partition coefficient (Wildman–Crippen LogP) is 1.37. The van der Waals surface area contributed by atoms with Gasteiger partial charge in [0.05, 0.1) is 18.1 Å². The van der Waals surface area contributed by atoms with Crippen LogP contribution in [0.1, 0.15) is 20.3 Å². The van der Waals surface area contributed by atoms with Crippen molar-refractivity contribution < 1.29 is 17.9 Å². The van der Waals surface area contributed by atoms with Crippen molar-refractivity contribution in [1.29, 1.82) is 0 Å². The molecule has 0 spiro atoms. The van der Waals surface area contributed by atoms with Gasteiger partial charge >= 0.3 is 0 Å². The van der Waals surface area contributed by atoms with E-state index in [9.17, 15) is 8.42 Å². The minimum absolute atomic E-state index is 0.180. The molecule has 0 fully saturated rings. The Bertz CT molecular complexity index is 532. The molecule has 0 amide bonds. The van der Waals surface area contributed by atoms with E-state index in [0.29, 0.717) is 31.3 Å². The van der Waals surface area contributed by atoms with Crippen molar-refractivity contribution in [3.63, 3.8) is 0 Å². The fourth-order valence-corrected chi connectivity index (χ4v) is 2.84. The minimum Gasteiger partial charge on any atom is -0.490 e. The Morgan fingerprint density at radius 3 is 2.33 bits per heavy atom. The Kier molecular flexibility index (Phi) is 7.49. The molecule has 0 aromatic heterocycles. The van der Waals surface area contributed by atoms with Crippen molar-refractivity contribution in [2.45, 2.75) is 25.2 Å². The first-order chi connectivity index (χ1) is 10.0. The van der Waals surface area contributed by atoms with Gasteiger partial charge in [0.2, 0.25) is 10.0 Å². The summed E-state index contributed by atoms with van der Waals surface area (Å²) in [6.45, 7) is 5.79. The Hall–Kier alpha value is -1.31. The van der Waals surface area contributed by atoms with Crippen molar-refractivity contribution in [2.24, 2.45) is 0 Å². The lowest BCUT2D eigenvalue weighted by molar-refractivity contribution is 0.287. The second kappa shape index (κ2) is 8.86. The van der Waals surface area contributed by atoms with Gasteiger partial charge in [-0.05, 0) is 46.0 Å². The van der Waals surface area contributed by atoms with E-state index in [1.807, 2.05) is 20.9 Å². The Morgan fingerprint density at radius 2 is 1.71 bits per heavy atom. The molecule has 0 aliphatic rings. The van der Waals surface area contributed by atoms with Crippen molar-refractivity contribution in [3.05, 3.63) is 18.2 Å². The molecule has 1 rings (SSSR count). The molecule has 1 aromatic carbocycles. The molecule has 0 atom stereocenters. The molecular weight excluding hydrogens is 292 g/mol. The molecule has 0 aliphatic carbocycles. The van der Waals surface area contributed by atoms with E-state index in [-0.39, 0.29) is 4.90 Å². The van der Waals surface area contributed by atoms with Crippen LogP contribution in [0.2, 0.25) is 0 Å². The Labute approximate surface area is 126 Å². The SMILES string of the molecule is CCOc1ccc(S(=O)(=O)NCCCNC)cc1OCC. The smallest absolute Gasteiger partial charge is 0.240 e. The lowest BCUT2D eigenvalue weighted by atomic mass is 10.3. The van der Waals surface area contributed by atoms with Crippen LogP contribution < -0.4 is 19.5 Å². The van der Waals surface area contributed by atoms with Gasteiger partial charge in [-0.25, -0.2) is 13.1 Å². The zero-order chi connectivity index (χ0) is 15.7. The quantitative estimate of drug-likeness (QED) is 0.638. The lowest BCUT2D eigenvalue weighted by Gasteiger charge is -2.13. The van der Waals surface area contributed by atoms with E-state index in [1.54, 1.807) is 6.07 Å². The Balaban J connectivity index is 2.88. The zero-order valence-electron chi connectivity index (χ0n) is 12.8. The van der Waals surface area contributed by atoms with Gasteiger partial charge in [0.15, 0.2) is 11.5 Å². The molecule has 0 saturated carbocycles. The highest BCUT2D eigenvalue weighted by Crippen LogP contribution is 2.30. The zero-order valence-corrected chi connectivity index (χ0v) is 13.6. The van der Waals surface area contributed by atoms with Crippen molar-refractivity contribution in [3.8, 4) is 11.5 Å². The number of ether oxygens (including phenoxy) is 2. The Morgan fingerprint density at radius 1 is 1.05 bits per heavy atom. The lowest BCUT2D eigenvalue weighted by Crippen LogP contribution is -2.26. The van der Waals surface area contributed by atoms with Gasteiger partial charge in [0.25, 0.3) is 0 Å². The van der Waals surface area contributed by atoms with E-state index >= 15 is 0 Å². The largest absolute Gasteiger partial charge is 0.490 e. The molecule has 0 aliphatic heterocycles. The second-order valence-corrected chi connectivity index (χ2v) is 6.10. The summed E-state index contributed by atoms with van der Waals surface area (Å²) in [4.78, 5) is 0.180. The summed E-state index contributed by atoms with van der Waals surface area (Å²) in [6.07, 6.45) is 0.727. The normalized spacial score (nSPS) is 11.4. The van der Waals surface area contributed by atoms with Crippen LogP contribution in [-0.2, 0) is 10.0 Å². The fourth-order valence-electron chi connectivity index (χ4n) is 1.75. The molecule has 6 nitrogen and oxygen atoms in total. The average molecular weight is 316 g/mol. The van der Waals surface area contributed by atoms with Crippen LogP contribution in [0.4, 0.5) is 0 Å². The van der Waals surface area contributed by atoms with Gasteiger partial charge in [-0.1, -0.05) is 0 Å². The van der Waals surface area contributed by atoms with Gasteiger partial charge in [-0.3, -0.25) is 0 Å². The van der Waals surface area contributed by atoms with Crippen molar-refractivity contribution >= 4 is 10.0 Å². The van der Waals surface area contributed by atoms with E-state index in [1.165, 1.54) is 12.1 Å². The first-order valence-electron chi connectivity index (χ1n) is 7.09. The molecule has 1 aromatic rings. The van der Waals surface area contributed by atoms with Crippen LogP contribution in [0.5, 0.6) is 11.5 Å². The first kappa shape index (κ1) is 17.7. The molecular formula is C14H24N2O4S. The van der Waals surface area contributed by atoms with E-state index < -0.39 is 10.0 Å². The maximum Gasteiger partial charge on any atom is 0.240 e. The van der Waals surface area contributed by atoms with Crippen LogP contribution in [0.3, 0.4) is 0 Å². The maximum absolute atomic E-state index is 12.2. The summed E-state index contributed by atoms with van der Waals surface area (Å²) in [5.74, 6) is 0.992. The van der Waals surface area contributed by atoms with Crippen LogP contribution in [0.15, 0.2) is 23.1 Å². The minimum atomic E-state index is -3.53. The highest BCUT2D eigenvalue weighted by molar-refractivity contribution is 7.89. The standard InChI is InChI=1S/C14H24N2O4S/c1-4-19-13-8-7-12(11-14(13)20-5-2)21(17,18)16-10-6-9-15-3/h7-8,11,15-16H,4-6,9-10H2,1-3H3. The average Bonchev–Trinajstić information content (AvgIpc) is 2.46. The van der Waals surface area contributed by atoms with Crippen LogP contribution in [0, 0.1) is 0 Å². The first-order valence-corrected chi connectivity index (χ1v) is 8.57. The predicted molar refractivity (Wildman–Crippen MR) is 82.5 cm³/mol. The summed E-state index contributed by atoms with van der Waals surface area (Å²) in [5.41, 5.74) is 0. The highest BCUT2D eigenvalue weighted by Gasteiger charge is 2.16. The van der Waals surface area contributed by atoms with Gasteiger partial charge in [0.1, 0.15) is 0 Å². The summed E-state index contributed by atoms with van der Waals surface area (Å²) < 4.78 is 37.8. The van der Waals surface area contributed by atoms with E-state index in [4.69, 9.17) is 9.47 Å². The second-order valence-electron chi connectivity index (χ2n) is 4.33.